The van der Waals surface area contributed by atoms with Gasteiger partial charge in [0, 0.05) is 18.2 Å². The second-order valence-corrected chi connectivity index (χ2v) is 8.25. The van der Waals surface area contributed by atoms with E-state index >= 15 is 0 Å². The van der Waals surface area contributed by atoms with Crippen LogP contribution in [0.25, 0.3) is 0 Å². The molecule has 0 radical (unpaired) electrons. The van der Waals surface area contributed by atoms with Crippen LogP contribution in [-0.2, 0) is 24.2 Å². The average molecular weight is 403 g/mol. The Morgan fingerprint density at radius 1 is 0.964 bits per heavy atom. The highest BCUT2D eigenvalue weighted by Crippen LogP contribution is 2.20. The summed E-state index contributed by atoms with van der Waals surface area (Å²) >= 11 is 0. The van der Waals surface area contributed by atoms with Crippen molar-refractivity contribution in [2.24, 2.45) is 0 Å². The predicted octanol–water partition coefficient (Wildman–Crippen LogP) is 2.54. The maximum Gasteiger partial charge on any atom is 0.306 e. The molecular weight excluding hydrogens is 382 g/mol. The fraction of sp³-hybridized carbons (Fsp3) is 0.250. The van der Waals surface area contributed by atoms with Gasteiger partial charge in [0.2, 0.25) is 0 Å². The zero-order valence-electron chi connectivity index (χ0n) is 15.6. The quantitative estimate of drug-likeness (QED) is 0.536. The van der Waals surface area contributed by atoms with Crippen LogP contribution in [0.4, 0.5) is 5.69 Å². The Labute approximate surface area is 163 Å². The number of amides is 1. The van der Waals surface area contributed by atoms with Gasteiger partial charge >= 0.3 is 5.97 Å². The van der Waals surface area contributed by atoms with Crippen LogP contribution in [0, 0.1) is 6.92 Å². The average Bonchev–Trinajstić information content (AvgIpc) is 2.64. The Hall–Kier alpha value is -3.00. The zero-order chi connectivity index (χ0) is 20.7. The van der Waals surface area contributed by atoms with Crippen molar-refractivity contribution in [2.75, 3.05) is 18.2 Å². The first-order chi connectivity index (χ1) is 13.2. The Balaban J connectivity index is 1.82. The van der Waals surface area contributed by atoms with Crippen LogP contribution in [0.2, 0.25) is 0 Å². The summed E-state index contributed by atoms with van der Waals surface area (Å²) in [6, 6.07) is 12.9. The second-order valence-electron chi connectivity index (χ2n) is 6.27. The van der Waals surface area contributed by atoms with Crippen molar-refractivity contribution in [3.63, 3.8) is 0 Å². The Morgan fingerprint density at radius 2 is 1.61 bits per heavy atom. The summed E-state index contributed by atoms with van der Waals surface area (Å²) in [5, 5.41) is 2.41. The summed E-state index contributed by atoms with van der Waals surface area (Å²) in [4.78, 5) is 35.7. The summed E-state index contributed by atoms with van der Waals surface area (Å²) in [7, 11) is -3.52. The number of hydrogen-bond acceptors (Lipinski definition) is 6. The summed E-state index contributed by atoms with van der Waals surface area (Å²) in [6.07, 6.45) is 0.851. The first-order valence-corrected chi connectivity index (χ1v) is 10.4. The minimum absolute atomic E-state index is 0.0274. The number of aryl methyl sites for hydroxylation is 1. The molecule has 0 heterocycles. The Kier molecular flexibility index (Phi) is 7.06. The van der Waals surface area contributed by atoms with Crippen molar-refractivity contribution in [1.82, 2.24) is 0 Å². The van der Waals surface area contributed by atoms with Gasteiger partial charge in [0.25, 0.3) is 5.91 Å². The molecule has 0 bridgehead atoms. The molecule has 7 nitrogen and oxygen atoms in total. The van der Waals surface area contributed by atoms with E-state index in [0.29, 0.717) is 5.56 Å². The molecule has 0 atom stereocenters. The van der Waals surface area contributed by atoms with Gasteiger partial charge in [0.1, 0.15) is 0 Å². The first-order valence-electron chi connectivity index (χ1n) is 8.51. The van der Waals surface area contributed by atoms with Crippen LogP contribution >= 0.6 is 0 Å². The smallest absolute Gasteiger partial charge is 0.306 e. The van der Waals surface area contributed by atoms with Gasteiger partial charge in [-0.1, -0.05) is 42.0 Å². The molecule has 0 aromatic heterocycles. The number of carbonyl (C=O) groups excluding carboxylic acids is 3. The fourth-order valence-corrected chi connectivity index (χ4v) is 3.24. The third-order valence-electron chi connectivity index (χ3n) is 3.85. The Morgan fingerprint density at radius 3 is 2.25 bits per heavy atom. The molecule has 2 rings (SSSR count). The van der Waals surface area contributed by atoms with Gasteiger partial charge < -0.3 is 10.1 Å². The van der Waals surface area contributed by atoms with Crippen LogP contribution in [-0.4, -0.2) is 38.9 Å². The van der Waals surface area contributed by atoms with Crippen LogP contribution in [0.3, 0.4) is 0 Å². The van der Waals surface area contributed by atoms with Crippen molar-refractivity contribution in [3.8, 4) is 0 Å². The highest BCUT2D eigenvalue weighted by Gasteiger charge is 2.16. The normalized spacial score (nSPS) is 10.9. The van der Waals surface area contributed by atoms with Crippen molar-refractivity contribution < 1.29 is 27.5 Å². The maximum atomic E-state index is 12.0. The fourth-order valence-electron chi connectivity index (χ4n) is 2.40. The second kappa shape index (κ2) is 9.27. The summed E-state index contributed by atoms with van der Waals surface area (Å²) in [6.45, 7) is 1.33. The van der Waals surface area contributed by atoms with E-state index < -0.39 is 28.3 Å². The monoisotopic (exact) mass is 403 g/mol. The summed E-state index contributed by atoms with van der Waals surface area (Å²) in [5.74, 6) is -1.55. The number of rotatable bonds is 8. The number of esters is 1. The number of nitrogens with one attached hydrogen (secondary N) is 1. The topological polar surface area (TPSA) is 107 Å². The third-order valence-corrected chi connectivity index (χ3v) is 5.01. The molecule has 2 aromatic rings. The molecule has 1 N–H and O–H groups in total. The lowest BCUT2D eigenvalue weighted by Gasteiger charge is -2.10. The van der Waals surface area contributed by atoms with E-state index in [9.17, 15) is 22.8 Å². The number of Topliss-reactive ketones (excluding diaryl/α,β-unsaturated/α-hetero) is 1. The number of anilines is 1. The molecule has 8 heteroatoms. The standard InChI is InChI=1S/C20H21NO6S/c1-14-7-9-15(10-8-14)17(22)11-12-20(24)27-13-19(23)21-16-5-3-4-6-18(16)28(2,25)26/h3-10H,11-13H2,1-2H3,(H,21,23). The highest BCUT2D eigenvalue weighted by molar-refractivity contribution is 7.90. The van der Waals surface area contributed by atoms with E-state index in [4.69, 9.17) is 4.74 Å². The highest BCUT2D eigenvalue weighted by atomic mass is 32.2. The number of para-hydroxylation sites is 1. The van der Waals surface area contributed by atoms with E-state index in [1.807, 2.05) is 19.1 Å². The van der Waals surface area contributed by atoms with Gasteiger partial charge in [-0.15, -0.1) is 0 Å². The summed E-state index contributed by atoms with van der Waals surface area (Å²) < 4.78 is 28.3. The number of ketones is 1. The van der Waals surface area contributed by atoms with Crippen molar-refractivity contribution in [3.05, 3.63) is 59.7 Å². The molecular formula is C20H21NO6S. The molecule has 0 aliphatic carbocycles. The molecule has 1 amide bonds. The third kappa shape index (κ3) is 6.31. The number of benzene rings is 2. The van der Waals surface area contributed by atoms with E-state index in [1.54, 1.807) is 18.2 Å². The van der Waals surface area contributed by atoms with Gasteiger partial charge in [-0.25, -0.2) is 8.42 Å². The van der Waals surface area contributed by atoms with Crippen molar-refractivity contribution in [1.29, 1.82) is 0 Å². The zero-order valence-corrected chi connectivity index (χ0v) is 16.4. The van der Waals surface area contributed by atoms with Gasteiger partial charge in [0.05, 0.1) is 17.0 Å². The molecule has 0 aliphatic rings. The number of sulfone groups is 1. The maximum absolute atomic E-state index is 12.0. The molecule has 2 aromatic carbocycles. The van der Waals surface area contributed by atoms with Gasteiger partial charge in [-0.3, -0.25) is 14.4 Å². The molecule has 0 spiro atoms. The first kappa shape index (κ1) is 21.3. The predicted molar refractivity (Wildman–Crippen MR) is 104 cm³/mol. The van der Waals surface area contributed by atoms with Crippen molar-refractivity contribution >= 4 is 33.2 Å². The number of hydrogen-bond donors (Lipinski definition) is 1. The van der Waals surface area contributed by atoms with Gasteiger partial charge in [0.15, 0.2) is 22.2 Å². The van der Waals surface area contributed by atoms with E-state index in [0.717, 1.165) is 11.8 Å². The van der Waals surface area contributed by atoms with E-state index in [-0.39, 0.29) is 29.2 Å². The minimum atomic E-state index is -3.52. The minimum Gasteiger partial charge on any atom is -0.456 e. The molecule has 0 aliphatic heterocycles. The Bertz CT molecular complexity index is 980. The van der Waals surface area contributed by atoms with Crippen LogP contribution in [0.1, 0.15) is 28.8 Å². The molecule has 0 fully saturated rings. The number of ether oxygens (including phenoxy) is 1. The van der Waals surface area contributed by atoms with E-state index in [1.165, 1.54) is 18.2 Å². The number of carbonyl (C=O) groups is 3. The lowest BCUT2D eigenvalue weighted by Crippen LogP contribution is -2.22. The largest absolute Gasteiger partial charge is 0.456 e. The molecule has 0 unspecified atom stereocenters. The van der Waals surface area contributed by atoms with Crippen molar-refractivity contribution in [2.45, 2.75) is 24.7 Å². The molecule has 0 saturated carbocycles. The molecule has 148 valence electrons. The van der Waals surface area contributed by atoms with Crippen LogP contribution < -0.4 is 5.32 Å². The van der Waals surface area contributed by atoms with Gasteiger partial charge in [-0.05, 0) is 19.1 Å². The molecule has 0 saturated heterocycles. The van der Waals surface area contributed by atoms with Gasteiger partial charge in [-0.2, -0.15) is 0 Å². The summed E-state index contributed by atoms with van der Waals surface area (Å²) in [5.41, 5.74) is 1.65. The SMILES string of the molecule is Cc1ccc(C(=O)CCC(=O)OCC(=O)Nc2ccccc2S(C)(=O)=O)cc1. The van der Waals surface area contributed by atoms with Crippen LogP contribution in [0.15, 0.2) is 53.4 Å². The van der Waals surface area contributed by atoms with Crippen LogP contribution in [0.5, 0.6) is 0 Å². The molecule has 28 heavy (non-hydrogen) atoms. The lowest BCUT2D eigenvalue weighted by atomic mass is 10.1. The van der Waals surface area contributed by atoms with E-state index in [2.05, 4.69) is 5.32 Å². The lowest BCUT2D eigenvalue weighted by molar-refractivity contribution is -0.147.